The molecule has 0 saturated heterocycles. The third kappa shape index (κ3) is 6.27. The largest absolute Gasteiger partial charge is 0.493 e. The Bertz CT molecular complexity index is 475. The highest BCUT2D eigenvalue weighted by molar-refractivity contribution is 5.97. The van der Waals surface area contributed by atoms with E-state index in [2.05, 4.69) is 19.2 Å². The van der Waals surface area contributed by atoms with Gasteiger partial charge in [-0.25, -0.2) is 5.84 Å². The van der Waals surface area contributed by atoms with E-state index in [4.69, 9.17) is 10.6 Å². The Morgan fingerprint density at radius 1 is 1.29 bits per heavy atom. The molecule has 0 saturated carbocycles. The van der Waals surface area contributed by atoms with Gasteiger partial charge in [-0.3, -0.25) is 15.0 Å². The van der Waals surface area contributed by atoms with E-state index >= 15 is 0 Å². The van der Waals surface area contributed by atoms with Crippen molar-refractivity contribution in [2.75, 3.05) is 13.2 Å². The van der Waals surface area contributed by atoms with Crippen LogP contribution in [-0.4, -0.2) is 25.0 Å². The van der Waals surface area contributed by atoms with E-state index in [0.29, 0.717) is 23.8 Å². The van der Waals surface area contributed by atoms with Gasteiger partial charge in [-0.15, -0.1) is 0 Å². The van der Waals surface area contributed by atoms with Gasteiger partial charge in [-0.2, -0.15) is 0 Å². The van der Waals surface area contributed by atoms with E-state index < -0.39 is 0 Å². The molecule has 0 aliphatic rings. The van der Waals surface area contributed by atoms with Gasteiger partial charge in [0.1, 0.15) is 5.75 Å². The van der Waals surface area contributed by atoms with Crippen LogP contribution < -0.4 is 21.3 Å². The molecule has 1 aromatic carbocycles. The van der Waals surface area contributed by atoms with E-state index in [-0.39, 0.29) is 24.8 Å². The van der Waals surface area contributed by atoms with Crippen molar-refractivity contribution in [1.29, 1.82) is 0 Å². The maximum absolute atomic E-state index is 12.1. The van der Waals surface area contributed by atoms with Crippen LogP contribution in [0.3, 0.4) is 0 Å². The van der Waals surface area contributed by atoms with Crippen molar-refractivity contribution in [2.24, 2.45) is 11.8 Å². The molecule has 0 fully saturated rings. The number of para-hydroxylation sites is 1. The Morgan fingerprint density at radius 2 is 2.00 bits per heavy atom. The molecule has 0 aliphatic heterocycles. The van der Waals surface area contributed by atoms with Crippen molar-refractivity contribution in [1.82, 2.24) is 10.7 Å². The quantitative estimate of drug-likeness (QED) is 0.382. The first-order chi connectivity index (χ1) is 10.0. The Hall–Kier alpha value is -2.08. The normalized spacial score (nSPS) is 10.3. The number of nitrogens with one attached hydrogen (secondary N) is 2. The van der Waals surface area contributed by atoms with Gasteiger partial charge in [0.05, 0.1) is 12.2 Å². The Morgan fingerprint density at radius 3 is 2.67 bits per heavy atom. The van der Waals surface area contributed by atoms with Gasteiger partial charge in [0, 0.05) is 13.0 Å². The average Bonchev–Trinajstić information content (AvgIpc) is 2.47. The van der Waals surface area contributed by atoms with Crippen LogP contribution in [-0.2, 0) is 4.79 Å². The van der Waals surface area contributed by atoms with Crippen LogP contribution in [0.25, 0.3) is 0 Å². The topological polar surface area (TPSA) is 93.4 Å². The molecule has 0 bridgehead atoms. The predicted octanol–water partition coefficient (Wildman–Crippen LogP) is 1.22. The second-order valence-corrected chi connectivity index (χ2v) is 5.10. The highest BCUT2D eigenvalue weighted by Crippen LogP contribution is 2.18. The minimum atomic E-state index is -0.322. The van der Waals surface area contributed by atoms with Crippen molar-refractivity contribution in [3.05, 3.63) is 29.8 Å². The summed E-state index contributed by atoms with van der Waals surface area (Å²) in [7, 11) is 0. The first-order valence-electron chi connectivity index (χ1n) is 7.04. The number of benzene rings is 1. The van der Waals surface area contributed by atoms with E-state index in [1.807, 2.05) is 11.5 Å². The van der Waals surface area contributed by atoms with Crippen molar-refractivity contribution in [3.63, 3.8) is 0 Å². The molecule has 1 aromatic rings. The van der Waals surface area contributed by atoms with Gasteiger partial charge in [0.15, 0.2) is 0 Å². The zero-order chi connectivity index (χ0) is 15.7. The van der Waals surface area contributed by atoms with Crippen molar-refractivity contribution >= 4 is 11.8 Å². The van der Waals surface area contributed by atoms with Crippen molar-refractivity contribution < 1.29 is 14.3 Å². The molecular weight excluding hydrogens is 270 g/mol. The molecular formula is C15H23N3O3. The molecule has 0 unspecified atom stereocenters. The second-order valence-electron chi connectivity index (χ2n) is 5.10. The number of nitrogens with two attached hydrogens (primary N) is 1. The predicted molar refractivity (Wildman–Crippen MR) is 80.7 cm³/mol. The fourth-order valence-corrected chi connectivity index (χ4v) is 1.64. The van der Waals surface area contributed by atoms with Gasteiger partial charge >= 0.3 is 0 Å². The third-order valence-corrected chi connectivity index (χ3v) is 2.88. The van der Waals surface area contributed by atoms with Crippen LogP contribution in [0.2, 0.25) is 0 Å². The molecule has 21 heavy (non-hydrogen) atoms. The summed E-state index contributed by atoms with van der Waals surface area (Å²) >= 11 is 0. The van der Waals surface area contributed by atoms with Crippen LogP contribution in [0.15, 0.2) is 24.3 Å². The van der Waals surface area contributed by atoms with E-state index in [1.165, 1.54) is 0 Å². The van der Waals surface area contributed by atoms with Crippen molar-refractivity contribution in [3.8, 4) is 5.75 Å². The molecule has 0 atom stereocenters. The fourth-order valence-electron chi connectivity index (χ4n) is 1.64. The molecule has 2 amide bonds. The molecule has 0 aromatic heterocycles. The number of hydrogen-bond acceptors (Lipinski definition) is 4. The summed E-state index contributed by atoms with van der Waals surface area (Å²) in [6.07, 6.45) is 1.06. The lowest BCUT2D eigenvalue weighted by molar-refractivity contribution is -0.121. The van der Waals surface area contributed by atoms with Gasteiger partial charge in [-0.05, 0) is 24.5 Å². The monoisotopic (exact) mass is 293 g/mol. The van der Waals surface area contributed by atoms with E-state index in [1.54, 1.807) is 18.2 Å². The smallest absolute Gasteiger partial charge is 0.255 e. The number of hydrazine groups is 1. The van der Waals surface area contributed by atoms with Gasteiger partial charge in [-0.1, -0.05) is 26.0 Å². The summed E-state index contributed by atoms with van der Waals surface area (Å²) in [5.41, 5.74) is 2.48. The van der Waals surface area contributed by atoms with Gasteiger partial charge in [0.2, 0.25) is 5.91 Å². The minimum Gasteiger partial charge on any atom is -0.493 e. The number of hydrogen-bond donors (Lipinski definition) is 3. The summed E-state index contributed by atoms with van der Waals surface area (Å²) in [5.74, 6) is 5.48. The minimum absolute atomic E-state index is 0.138. The highest BCUT2D eigenvalue weighted by Gasteiger charge is 2.12. The van der Waals surface area contributed by atoms with Crippen LogP contribution in [0.5, 0.6) is 5.75 Å². The number of rotatable bonds is 8. The summed E-state index contributed by atoms with van der Waals surface area (Å²) in [4.78, 5) is 23.1. The van der Waals surface area contributed by atoms with Gasteiger partial charge < -0.3 is 10.1 Å². The summed E-state index contributed by atoms with van der Waals surface area (Å²) in [5, 5.41) is 2.67. The zero-order valence-electron chi connectivity index (χ0n) is 12.5. The summed E-state index contributed by atoms with van der Waals surface area (Å²) < 4.78 is 5.66. The molecule has 6 nitrogen and oxygen atoms in total. The number of amides is 2. The first-order valence-corrected chi connectivity index (χ1v) is 7.04. The Balaban J connectivity index is 2.56. The van der Waals surface area contributed by atoms with Crippen LogP contribution in [0, 0.1) is 5.92 Å². The highest BCUT2D eigenvalue weighted by atomic mass is 16.5. The van der Waals surface area contributed by atoms with Crippen LogP contribution in [0.1, 0.15) is 37.0 Å². The summed E-state index contributed by atoms with van der Waals surface area (Å²) in [6.45, 7) is 5.02. The number of carbonyl (C=O) groups excluding carboxylic acids is 2. The van der Waals surface area contributed by atoms with Crippen molar-refractivity contribution in [2.45, 2.75) is 26.7 Å². The molecule has 0 aliphatic carbocycles. The van der Waals surface area contributed by atoms with E-state index in [9.17, 15) is 9.59 Å². The molecule has 6 heteroatoms. The van der Waals surface area contributed by atoms with Crippen LogP contribution in [0.4, 0.5) is 0 Å². The lowest BCUT2D eigenvalue weighted by atomic mass is 10.1. The molecule has 0 heterocycles. The maximum atomic E-state index is 12.1. The number of carbonyl (C=O) groups is 2. The maximum Gasteiger partial charge on any atom is 0.255 e. The molecule has 0 spiro atoms. The van der Waals surface area contributed by atoms with E-state index in [0.717, 1.165) is 6.42 Å². The average molecular weight is 293 g/mol. The Kier molecular flexibility index (Phi) is 7.25. The number of ether oxygens (including phenoxy) is 1. The molecule has 1 rings (SSSR count). The fraction of sp³-hybridized carbons (Fsp3) is 0.467. The lowest BCUT2D eigenvalue weighted by Gasteiger charge is -2.12. The zero-order valence-corrected chi connectivity index (χ0v) is 12.5. The molecule has 116 valence electrons. The van der Waals surface area contributed by atoms with Gasteiger partial charge in [0.25, 0.3) is 5.91 Å². The second kappa shape index (κ2) is 8.97. The first kappa shape index (κ1) is 17.0. The standard InChI is InChI=1S/C15H23N3O3/c1-11(2)8-10-21-13-6-4-3-5-12(13)15(20)17-9-7-14(19)18-16/h3-6,11H,7-10,16H2,1-2H3,(H,17,20)(H,18,19). The summed E-state index contributed by atoms with van der Waals surface area (Å²) in [6, 6.07) is 7.06. The Labute approximate surface area is 125 Å². The lowest BCUT2D eigenvalue weighted by Crippen LogP contribution is -2.34. The molecule has 4 N–H and O–H groups in total. The SMILES string of the molecule is CC(C)CCOc1ccccc1C(=O)NCCC(=O)NN. The van der Waals surface area contributed by atoms with Crippen LogP contribution >= 0.6 is 0 Å². The molecule has 0 radical (unpaired) electrons. The third-order valence-electron chi connectivity index (χ3n) is 2.88.